The van der Waals surface area contributed by atoms with Gasteiger partial charge in [0, 0.05) is 12.6 Å². The van der Waals surface area contributed by atoms with E-state index in [0.717, 1.165) is 23.7 Å². The lowest BCUT2D eigenvalue weighted by Crippen LogP contribution is -2.27. The summed E-state index contributed by atoms with van der Waals surface area (Å²) in [5.74, 6) is 0.949. The first kappa shape index (κ1) is 10.7. The van der Waals surface area contributed by atoms with Crippen LogP contribution in [0.3, 0.4) is 0 Å². The van der Waals surface area contributed by atoms with E-state index < -0.39 is 0 Å². The van der Waals surface area contributed by atoms with Gasteiger partial charge in [-0.2, -0.15) is 5.26 Å². The van der Waals surface area contributed by atoms with Gasteiger partial charge in [-0.15, -0.1) is 0 Å². The largest absolute Gasteiger partial charge is 0.397 e. The third kappa shape index (κ3) is 2.25. The van der Waals surface area contributed by atoms with Crippen LogP contribution in [0.25, 0.3) is 0 Å². The number of nitriles is 1. The molecule has 1 saturated carbocycles. The molecule has 1 aromatic heterocycles. The van der Waals surface area contributed by atoms with Gasteiger partial charge in [-0.3, -0.25) is 0 Å². The zero-order valence-electron chi connectivity index (χ0n) is 9.48. The first-order valence-electron chi connectivity index (χ1n) is 5.59. The standard InChI is InChI=1S/C12H16N4/c1-9-11(14)5-6-12(15-9)16(8-2-7-13)10-3-4-10/h5-6,10H,2-4,8,14H2,1H3. The van der Waals surface area contributed by atoms with E-state index >= 15 is 0 Å². The van der Waals surface area contributed by atoms with Crippen molar-refractivity contribution in [3.63, 3.8) is 0 Å². The number of anilines is 2. The molecule has 1 fully saturated rings. The van der Waals surface area contributed by atoms with E-state index in [9.17, 15) is 0 Å². The van der Waals surface area contributed by atoms with Crippen LogP contribution < -0.4 is 10.6 Å². The van der Waals surface area contributed by atoms with Crippen LogP contribution in [0, 0.1) is 18.3 Å². The monoisotopic (exact) mass is 216 g/mol. The fourth-order valence-corrected chi connectivity index (χ4v) is 1.76. The molecule has 1 heterocycles. The van der Waals surface area contributed by atoms with Crippen molar-refractivity contribution in [2.24, 2.45) is 0 Å². The number of nitrogen functional groups attached to an aromatic ring is 1. The van der Waals surface area contributed by atoms with Crippen molar-refractivity contribution in [1.82, 2.24) is 4.98 Å². The van der Waals surface area contributed by atoms with Crippen LogP contribution in [0.2, 0.25) is 0 Å². The number of nitrogens with zero attached hydrogens (tertiary/aromatic N) is 3. The molecular formula is C12H16N4. The Morgan fingerprint density at radius 1 is 1.56 bits per heavy atom. The van der Waals surface area contributed by atoms with Crippen molar-refractivity contribution in [2.45, 2.75) is 32.2 Å². The molecule has 0 saturated heterocycles. The highest BCUT2D eigenvalue weighted by Crippen LogP contribution is 2.31. The fraction of sp³-hybridized carbons (Fsp3) is 0.500. The molecular weight excluding hydrogens is 200 g/mol. The third-order valence-corrected chi connectivity index (χ3v) is 2.86. The summed E-state index contributed by atoms with van der Waals surface area (Å²) in [5.41, 5.74) is 7.33. The van der Waals surface area contributed by atoms with E-state index in [0.29, 0.717) is 12.5 Å². The Hall–Kier alpha value is -1.76. The normalized spacial score (nSPS) is 14.5. The van der Waals surface area contributed by atoms with Gasteiger partial charge in [0.15, 0.2) is 0 Å². The molecule has 2 rings (SSSR count). The predicted octanol–water partition coefficient (Wildman–Crippen LogP) is 1.85. The molecule has 1 aliphatic rings. The van der Waals surface area contributed by atoms with Crippen molar-refractivity contribution < 1.29 is 0 Å². The highest BCUT2D eigenvalue weighted by Gasteiger charge is 2.29. The van der Waals surface area contributed by atoms with Gasteiger partial charge in [0.2, 0.25) is 0 Å². The zero-order chi connectivity index (χ0) is 11.5. The van der Waals surface area contributed by atoms with Gasteiger partial charge in [0.1, 0.15) is 5.82 Å². The van der Waals surface area contributed by atoms with E-state index in [4.69, 9.17) is 11.0 Å². The average molecular weight is 216 g/mol. The van der Waals surface area contributed by atoms with Crippen molar-refractivity contribution in [2.75, 3.05) is 17.2 Å². The Balaban J connectivity index is 2.18. The van der Waals surface area contributed by atoms with Crippen LogP contribution in [0.1, 0.15) is 25.0 Å². The van der Waals surface area contributed by atoms with Crippen molar-refractivity contribution in [3.05, 3.63) is 17.8 Å². The molecule has 0 radical (unpaired) electrons. The lowest BCUT2D eigenvalue weighted by atomic mass is 10.3. The van der Waals surface area contributed by atoms with Gasteiger partial charge in [0.05, 0.1) is 23.9 Å². The lowest BCUT2D eigenvalue weighted by Gasteiger charge is -2.22. The summed E-state index contributed by atoms with van der Waals surface area (Å²) in [5, 5.41) is 8.65. The Kier molecular flexibility index (Phi) is 2.95. The third-order valence-electron chi connectivity index (χ3n) is 2.86. The number of hydrogen-bond donors (Lipinski definition) is 1. The quantitative estimate of drug-likeness (QED) is 0.834. The van der Waals surface area contributed by atoms with Crippen molar-refractivity contribution in [3.8, 4) is 6.07 Å². The number of rotatable bonds is 4. The van der Waals surface area contributed by atoms with Gasteiger partial charge < -0.3 is 10.6 Å². The maximum absolute atomic E-state index is 8.65. The lowest BCUT2D eigenvalue weighted by molar-refractivity contribution is 0.776. The van der Waals surface area contributed by atoms with Crippen LogP contribution in [0.4, 0.5) is 11.5 Å². The fourth-order valence-electron chi connectivity index (χ4n) is 1.76. The molecule has 1 aliphatic carbocycles. The maximum Gasteiger partial charge on any atom is 0.129 e. The highest BCUT2D eigenvalue weighted by atomic mass is 15.2. The Bertz CT molecular complexity index is 418. The summed E-state index contributed by atoms with van der Waals surface area (Å²) in [7, 11) is 0. The summed E-state index contributed by atoms with van der Waals surface area (Å²) >= 11 is 0. The van der Waals surface area contributed by atoms with E-state index in [1.54, 1.807) is 0 Å². The second-order valence-electron chi connectivity index (χ2n) is 4.18. The molecule has 0 spiro atoms. The van der Waals surface area contributed by atoms with Crippen LogP contribution in [0.5, 0.6) is 0 Å². The highest BCUT2D eigenvalue weighted by molar-refractivity contribution is 5.51. The maximum atomic E-state index is 8.65. The van der Waals surface area contributed by atoms with Crippen LogP contribution >= 0.6 is 0 Å². The second-order valence-corrected chi connectivity index (χ2v) is 4.18. The smallest absolute Gasteiger partial charge is 0.129 e. The van der Waals surface area contributed by atoms with E-state index in [1.165, 1.54) is 12.8 Å². The molecule has 4 nitrogen and oxygen atoms in total. The Labute approximate surface area is 95.7 Å². The van der Waals surface area contributed by atoms with Crippen molar-refractivity contribution in [1.29, 1.82) is 5.26 Å². The molecule has 84 valence electrons. The zero-order valence-corrected chi connectivity index (χ0v) is 9.48. The van der Waals surface area contributed by atoms with Crippen LogP contribution in [-0.2, 0) is 0 Å². The number of aryl methyl sites for hydroxylation is 1. The number of pyridine rings is 1. The Morgan fingerprint density at radius 2 is 2.31 bits per heavy atom. The van der Waals surface area contributed by atoms with E-state index in [2.05, 4.69) is 16.0 Å². The molecule has 0 bridgehead atoms. The first-order chi connectivity index (χ1) is 7.72. The molecule has 0 aliphatic heterocycles. The molecule has 0 amide bonds. The van der Waals surface area contributed by atoms with Gasteiger partial charge in [-0.1, -0.05) is 0 Å². The Morgan fingerprint density at radius 3 is 2.88 bits per heavy atom. The van der Waals surface area contributed by atoms with Crippen LogP contribution in [-0.4, -0.2) is 17.6 Å². The van der Waals surface area contributed by atoms with Crippen LogP contribution in [0.15, 0.2) is 12.1 Å². The SMILES string of the molecule is Cc1nc(N(CCC#N)C2CC2)ccc1N. The molecule has 4 heteroatoms. The van der Waals surface area contributed by atoms with E-state index in [1.807, 2.05) is 19.1 Å². The molecule has 0 atom stereocenters. The average Bonchev–Trinajstić information content (AvgIpc) is 3.08. The summed E-state index contributed by atoms with van der Waals surface area (Å²) in [6, 6.07) is 6.59. The van der Waals surface area contributed by atoms with Gasteiger partial charge in [-0.25, -0.2) is 4.98 Å². The molecule has 0 unspecified atom stereocenters. The van der Waals surface area contributed by atoms with Gasteiger partial charge in [-0.05, 0) is 31.9 Å². The minimum absolute atomic E-state index is 0.543. The van der Waals surface area contributed by atoms with E-state index in [-0.39, 0.29) is 0 Å². The minimum Gasteiger partial charge on any atom is -0.397 e. The number of aromatic nitrogens is 1. The van der Waals surface area contributed by atoms with Gasteiger partial charge >= 0.3 is 0 Å². The molecule has 1 aromatic rings. The molecule has 0 aromatic carbocycles. The minimum atomic E-state index is 0.543. The second kappa shape index (κ2) is 4.40. The molecule has 16 heavy (non-hydrogen) atoms. The first-order valence-corrected chi connectivity index (χ1v) is 5.59. The summed E-state index contributed by atoms with van der Waals surface area (Å²) in [6.45, 7) is 2.67. The predicted molar refractivity (Wildman–Crippen MR) is 64.0 cm³/mol. The summed E-state index contributed by atoms with van der Waals surface area (Å²) in [4.78, 5) is 6.70. The van der Waals surface area contributed by atoms with Gasteiger partial charge in [0.25, 0.3) is 0 Å². The summed E-state index contributed by atoms with van der Waals surface area (Å²) in [6.07, 6.45) is 2.95. The topological polar surface area (TPSA) is 65.9 Å². The van der Waals surface area contributed by atoms with Crippen molar-refractivity contribution >= 4 is 11.5 Å². The molecule has 2 N–H and O–H groups in total. The summed E-state index contributed by atoms with van der Waals surface area (Å²) < 4.78 is 0. The number of nitrogens with two attached hydrogens (primary N) is 1. The number of hydrogen-bond acceptors (Lipinski definition) is 4.